The van der Waals surface area contributed by atoms with E-state index in [4.69, 9.17) is 8.83 Å². The number of hydrogen-bond acceptors (Lipinski definition) is 3. The SMILES string of the molecule is CC(C)(C)c1ccc(N2B3c4cc5c(cc4-n4c6ccc(C(C)(C)C)cc6c6c7oc8ccccc8c7c(c3c64)-c3cc4c(cc32)-c2cc(C(C)(C)C)ccc2C4(C)C)oc2ccccc25)cc1. The van der Waals surface area contributed by atoms with Crippen LogP contribution < -0.4 is 15.7 Å². The van der Waals surface area contributed by atoms with Crippen LogP contribution in [0.5, 0.6) is 0 Å². The minimum absolute atomic E-state index is 0.00412. The zero-order valence-electron chi connectivity index (χ0n) is 41.0. The van der Waals surface area contributed by atoms with E-state index in [0.29, 0.717) is 0 Å². The number of furan rings is 2. The number of anilines is 2. The van der Waals surface area contributed by atoms with Crippen LogP contribution in [-0.4, -0.2) is 11.4 Å². The number of nitrogens with zero attached hydrogens (tertiary/aromatic N) is 2. The van der Waals surface area contributed by atoms with Gasteiger partial charge in [0.25, 0.3) is 0 Å². The van der Waals surface area contributed by atoms with Crippen LogP contribution in [0.25, 0.3) is 93.6 Å². The normalized spacial score (nSPS) is 15.0. The summed E-state index contributed by atoms with van der Waals surface area (Å²) in [4.78, 5) is 2.70. The lowest BCUT2D eigenvalue weighted by Gasteiger charge is -2.43. The Kier molecular flexibility index (Phi) is 7.53. The van der Waals surface area contributed by atoms with Crippen molar-refractivity contribution in [3.63, 3.8) is 0 Å². The highest BCUT2D eigenvalue weighted by atomic mass is 16.3. The predicted molar refractivity (Wildman–Crippen MR) is 288 cm³/mol. The van der Waals surface area contributed by atoms with Crippen molar-refractivity contribution in [3.8, 4) is 27.9 Å². The van der Waals surface area contributed by atoms with Gasteiger partial charge in [0.05, 0.1) is 16.4 Å². The molecule has 0 fully saturated rings. The van der Waals surface area contributed by atoms with Gasteiger partial charge in [-0.2, -0.15) is 0 Å². The largest absolute Gasteiger partial charge is 0.456 e. The van der Waals surface area contributed by atoms with Crippen molar-refractivity contribution in [1.29, 1.82) is 0 Å². The van der Waals surface area contributed by atoms with Gasteiger partial charge in [0.1, 0.15) is 22.3 Å². The quantitative estimate of drug-likeness (QED) is 0.154. The second-order valence-corrected chi connectivity index (χ2v) is 23.8. The summed E-state index contributed by atoms with van der Waals surface area (Å²) in [5.41, 5.74) is 23.8. The van der Waals surface area contributed by atoms with E-state index in [1.54, 1.807) is 0 Å². The van der Waals surface area contributed by atoms with E-state index in [1.807, 2.05) is 0 Å². The number of rotatable bonds is 1. The maximum atomic E-state index is 7.29. The highest BCUT2D eigenvalue weighted by Crippen LogP contribution is 2.57. The first-order valence-electron chi connectivity index (χ1n) is 24.5. The summed E-state index contributed by atoms with van der Waals surface area (Å²) in [6.07, 6.45) is 0. The molecule has 5 heterocycles. The molecule has 0 unspecified atom stereocenters. The molecule has 14 rings (SSSR count). The molecule has 0 atom stereocenters. The minimum Gasteiger partial charge on any atom is -0.456 e. The van der Waals surface area contributed by atoms with Gasteiger partial charge >= 0.3 is 6.85 Å². The summed E-state index contributed by atoms with van der Waals surface area (Å²) in [7, 11) is 0. The monoisotopic (exact) mass is 882 g/mol. The number of aromatic nitrogens is 1. The van der Waals surface area contributed by atoms with E-state index in [2.05, 4.69) is 219 Å². The van der Waals surface area contributed by atoms with Crippen molar-refractivity contribution in [3.05, 3.63) is 161 Å². The van der Waals surface area contributed by atoms with Crippen LogP contribution in [-0.2, 0) is 21.7 Å². The summed E-state index contributed by atoms with van der Waals surface area (Å²) in [5, 5.41) is 6.99. The molecule has 0 saturated carbocycles. The van der Waals surface area contributed by atoms with E-state index in [0.717, 1.165) is 44.2 Å². The second kappa shape index (κ2) is 12.8. The van der Waals surface area contributed by atoms with Crippen LogP contribution in [0.1, 0.15) is 104 Å². The Labute approximate surface area is 398 Å². The number of benzene rings is 8. The van der Waals surface area contributed by atoms with Crippen molar-refractivity contribution in [2.24, 2.45) is 0 Å². The lowest BCUT2D eigenvalue weighted by atomic mass is 9.43. The lowest BCUT2D eigenvalue weighted by molar-refractivity contribution is 0.589. The van der Waals surface area contributed by atoms with Crippen LogP contribution in [0.2, 0.25) is 0 Å². The molecule has 11 aromatic rings. The van der Waals surface area contributed by atoms with Gasteiger partial charge in [-0.05, 0) is 120 Å². The molecular formula is C63H55BN2O2. The Balaban J connectivity index is 1.22. The molecule has 8 aromatic carbocycles. The third kappa shape index (κ3) is 5.12. The van der Waals surface area contributed by atoms with Crippen LogP contribution in [0.3, 0.4) is 0 Å². The summed E-state index contributed by atoms with van der Waals surface area (Å²) < 4.78 is 16.6. The molecule has 5 heteroatoms. The van der Waals surface area contributed by atoms with E-state index in [-0.39, 0.29) is 28.5 Å². The zero-order valence-corrected chi connectivity index (χ0v) is 41.0. The van der Waals surface area contributed by atoms with Crippen LogP contribution in [0.4, 0.5) is 11.4 Å². The summed E-state index contributed by atoms with van der Waals surface area (Å²) >= 11 is 0. The number of hydrogen-bond donors (Lipinski definition) is 0. The second-order valence-electron chi connectivity index (χ2n) is 23.8. The molecule has 0 radical (unpaired) electrons. The molecule has 3 aliphatic rings. The van der Waals surface area contributed by atoms with Crippen LogP contribution in [0.15, 0.2) is 142 Å². The smallest absolute Gasteiger partial charge is 0.333 e. The van der Waals surface area contributed by atoms with E-state index in [1.165, 1.54) is 99.6 Å². The molecule has 332 valence electrons. The molecule has 4 nitrogen and oxygen atoms in total. The Morgan fingerprint density at radius 2 is 1.12 bits per heavy atom. The molecule has 0 N–H and O–H groups in total. The lowest BCUT2D eigenvalue weighted by Crippen LogP contribution is -2.60. The molecule has 2 aliphatic heterocycles. The van der Waals surface area contributed by atoms with Crippen molar-refractivity contribution >= 4 is 94.8 Å². The Morgan fingerprint density at radius 1 is 0.485 bits per heavy atom. The molecular weight excluding hydrogens is 828 g/mol. The molecule has 0 saturated heterocycles. The van der Waals surface area contributed by atoms with Crippen molar-refractivity contribution < 1.29 is 8.83 Å². The summed E-state index contributed by atoms with van der Waals surface area (Å²) in [6.45, 7) is 25.5. The van der Waals surface area contributed by atoms with Gasteiger partial charge in [0.2, 0.25) is 0 Å². The average molecular weight is 883 g/mol. The van der Waals surface area contributed by atoms with Gasteiger partial charge < -0.3 is 18.2 Å². The minimum atomic E-state index is -0.218. The number of fused-ring (bicyclic) bond motifs is 19. The first kappa shape index (κ1) is 40.1. The van der Waals surface area contributed by atoms with Crippen molar-refractivity contribution in [2.75, 3.05) is 4.81 Å². The fourth-order valence-corrected chi connectivity index (χ4v) is 12.6. The molecule has 68 heavy (non-hydrogen) atoms. The van der Waals surface area contributed by atoms with Crippen molar-refractivity contribution in [1.82, 2.24) is 4.57 Å². The maximum Gasteiger partial charge on any atom is 0.333 e. The van der Waals surface area contributed by atoms with Crippen molar-refractivity contribution in [2.45, 2.75) is 97.8 Å². The Morgan fingerprint density at radius 3 is 1.84 bits per heavy atom. The standard InChI is InChI=1S/C63H55BN2O2/c1-60(2,3)34-20-24-37(25-21-34)66-49-32-41-40-28-35(61(4,5)6)22-26-45(40)63(10,11)46(41)30-44(49)54-55-39-17-13-15-19-52(39)68-59(55)56-43-29-36(62(7,8)9)23-27-48(43)65-50-33-53-42(38-16-12-14-18-51(38)67-53)31-47(50)64(66)57(54)58(56)65/h12-33H,1-11H3. The first-order chi connectivity index (χ1) is 32.4. The van der Waals surface area contributed by atoms with Gasteiger partial charge in [-0.15, -0.1) is 0 Å². The zero-order chi connectivity index (χ0) is 46.7. The Hall–Kier alpha value is -6.98. The van der Waals surface area contributed by atoms with Gasteiger partial charge in [0, 0.05) is 61.0 Å². The van der Waals surface area contributed by atoms with E-state index >= 15 is 0 Å². The van der Waals surface area contributed by atoms with Crippen LogP contribution >= 0.6 is 0 Å². The third-order valence-electron chi connectivity index (χ3n) is 16.2. The molecule has 3 aromatic heterocycles. The molecule has 0 amide bonds. The predicted octanol–water partition coefficient (Wildman–Crippen LogP) is 16.0. The highest BCUT2D eigenvalue weighted by molar-refractivity contribution is 6.94. The Bertz CT molecular complexity index is 4060. The van der Waals surface area contributed by atoms with E-state index in [9.17, 15) is 0 Å². The summed E-state index contributed by atoms with van der Waals surface area (Å²) in [5.74, 6) is 0. The van der Waals surface area contributed by atoms with E-state index < -0.39 is 0 Å². The fourth-order valence-electron chi connectivity index (χ4n) is 12.6. The molecule has 0 spiro atoms. The fraction of sp³-hybridized carbons (Fsp3) is 0.238. The third-order valence-corrected chi connectivity index (χ3v) is 16.2. The van der Waals surface area contributed by atoms with Gasteiger partial charge in [-0.1, -0.05) is 155 Å². The average Bonchev–Trinajstić information content (AvgIpc) is 4.03. The van der Waals surface area contributed by atoms with Gasteiger partial charge in [0.15, 0.2) is 0 Å². The maximum absolute atomic E-state index is 7.29. The summed E-state index contributed by atoms with van der Waals surface area (Å²) in [6, 6.07) is 51.1. The molecule has 1 aliphatic carbocycles. The first-order valence-corrected chi connectivity index (χ1v) is 24.5. The van der Waals surface area contributed by atoms with Gasteiger partial charge in [-0.3, -0.25) is 0 Å². The topological polar surface area (TPSA) is 34.5 Å². The molecule has 0 bridgehead atoms. The highest BCUT2D eigenvalue weighted by Gasteiger charge is 2.48. The van der Waals surface area contributed by atoms with Gasteiger partial charge in [-0.25, -0.2) is 0 Å². The number of para-hydroxylation sites is 2. The van der Waals surface area contributed by atoms with Crippen LogP contribution in [0, 0.1) is 0 Å².